The number of sulfonamides is 1. The molecule has 12 heteroatoms. The lowest BCUT2D eigenvalue weighted by Crippen LogP contribution is -2.53. The van der Waals surface area contributed by atoms with Crippen LogP contribution in [0.4, 0.5) is 18.9 Å². The van der Waals surface area contributed by atoms with Crippen molar-refractivity contribution in [3.63, 3.8) is 0 Å². The molecule has 0 aliphatic heterocycles. The summed E-state index contributed by atoms with van der Waals surface area (Å²) in [4.78, 5) is 28.5. The van der Waals surface area contributed by atoms with Crippen LogP contribution >= 0.6 is 0 Å². The van der Waals surface area contributed by atoms with Gasteiger partial charge in [0.2, 0.25) is 21.8 Å². The van der Waals surface area contributed by atoms with Crippen LogP contribution in [0.5, 0.6) is 5.75 Å². The monoisotopic (exact) mass is 583 g/mol. The van der Waals surface area contributed by atoms with E-state index in [1.54, 1.807) is 31.2 Å². The van der Waals surface area contributed by atoms with Crippen LogP contribution in [0.25, 0.3) is 0 Å². The zero-order valence-corrected chi connectivity index (χ0v) is 23.7. The Balaban J connectivity index is 1.96. The van der Waals surface area contributed by atoms with E-state index in [4.69, 9.17) is 4.74 Å². The fraction of sp³-hybridized carbons (Fsp3) is 0.500. The van der Waals surface area contributed by atoms with Crippen molar-refractivity contribution in [2.75, 3.05) is 24.2 Å². The highest BCUT2D eigenvalue weighted by Gasteiger charge is 2.35. The topological polar surface area (TPSA) is 96.0 Å². The van der Waals surface area contributed by atoms with Gasteiger partial charge in [-0.15, -0.1) is 0 Å². The van der Waals surface area contributed by atoms with E-state index in [0.717, 1.165) is 50.5 Å². The molecule has 1 saturated carbocycles. The van der Waals surface area contributed by atoms with Crippen LogP contribution in [0.1, 0.15) is 56.6 Å². The number of hydrogen-bond donors (Lipinski definition) is 1. The van der Waals surface area contributed by atoms with Gasteiger partial charge in [0, 0.05) is 12.6 Å². The van der Waals surface area contributed by atoms with E-state index in [9.17, 15) is 31.2 Å². The van der Waals surface area contributed by atoms with Crippen molar-refractivity contribution in [2.24, 2.45) is 0 Å². The van der Waals surface area contributed by atoms with Crippen molar-refractivity contribution in [3.8, 4) is 5.75 Å². The molecule has 0 bridgehead atoms. The summed E-state index contributed by atoms with van der Waals surface area (Å²) in [6.07, 6.45) is 1.12. The fourth-order valence-corrected chi connectivity index (χ4v) is 5.72. The van der Waals surface area contributed by atoms with E-state index in [0.29, 0.717) is 21.7 Å². The molecule has 0 unspecified atom stereocenters. The Hall–Kier alpha value is -3.28. The third-order valence-electron chi connectivity index (χ3n) is 6.97. The van der Waals surface area contributed by atoms with Gasteiger partial charge >= 0.3 is 6.18 Å². The van der Waals surface area contributed by atoms with E-state index in [1.807, 2.05) is 0 Å². The number of alkyl halides is 3. The molecular weight excluding hydrogens is 547 g/mol. The van der Waals surface area contributed by atoms with Crippen LogP contribution in [-0.2, 0) is 32.3 Å². The predicted molar refractivity (Wildman–Crippen MR) is 146 cm³/mol. The second-order valence-corrected chi connectivity index (χ2v) is 11.9. The number of benzene rings is 2. The molecule has 2 aromatic rings. The average molecular weight is 584 g/mol. The molecule has 3 rings (SSSR count). The maximum Gasteiger partial charge on any atom is 0.416 e. The smallest absolute Gasteiger partial charge is 0.416 e. The number of methoxy groups -OCH3 is 1. The number of rotatable bonds is 11. The van der Waals surface area contributed by atoms with Crippen LogP contribution in [0, 0.1) is 0 Å². The quantitative estimate of drug-likeness (QED) is 0.413. The zero-order valence-electron chi connectivity index (χ0n) is 22.9. The Morgan fingerprint density at radius 2 is 1.75 bits per heavy atom. The highest BCUT2D eigenvalue weighted by atomic mass is 32.2. The molecule has 2 aromatic carbocycles. The number of amides is 2. The minimum absolute atomic E-state index is 0.0123. The van der Waals surface area contributed by atoms with Gasteiger partial charge < -0.3 is 15.0 Å². The molecule has 1 aliphatic carbocycles. The summed E-state index contributed by atoms with van der Waals surface area (Å²) >= 11 is 0. The molecule has 0 spiro atoms. The van der Waals surface area contributed by atoms with Gasteiger partial charge in [-0.05, 0) is 55.2 Å². The minimum atomic E-state index is -4.70. The van der Waals surface area contributed by atoms with Crippen LogP contribution in [0.15, 0.2) is 48.5 Å². The molecule has 40 heavy (non-hydrogen) atoms. The standard InChI is InChI=1S/C28H36F3N3O5S/c1-4-25(27(36)32-22-12-6-5-7-13-22)33(18-20-10-8-15-24(16-20)39-2)26(35)19-34(40(3,37)38)23-14-9-11-21(17-23)28(29,30)31/h8-11,14-17,22,25H,4-7,12-13,18-19H2,1-3H3,(H,32,36)/t25-/m0/s1. The molecule has 0 heterocycles. The first-order chi connectivity index (χ1) is 18.8. The van der Waals surface area contributed by atoms with Crippen LogP contribution in [0.2, 0.25) is 0 Å². The second kappa shape index (κ2) is 13.4. The summed E-state index contributed by atoms with van der Waals surface area (Å²) in [6.45, 7) is 0.933. The zero-order chi connectivity index (χ0) is 29.5. The molecule has 8 nitrogen and oxygen atoms in total. The lowest BCUT2D eigenvalue weighted by Gasteiger charge is -2.34. The van der Waals surface area contributed by atoms with Gasteiger partial charge in [0.1, 0.15) is 18.3 Å². The van der Waals surface area contributed by atoms with E-state index >= 15 is 0 Å². The number of nitrogens with zero attached hydrogens (tertiary/aromatic N) is 2. The Labute approximate surface area is 233 Å². The molecule has 0 aromatic heterocycles. The molecule has 1 atom stereocenters. The third-order valence-corrected chi connectivity index (χ3v) is 8.11. The molecule has 0 saturated heterocycles. The second-order valence-electron chi connectivity index (χ2n) is 9.96. The number of halogens is 3. The summed E-state index contributed by atoms with van der Waals surface area (Å²) in [7, 11) is -2.68. The van der Waals surface area contributed by atoms with E-state index in [-0.39, 0.29) is 30.6 Å². The van der Waals surface area contributed by atoms with Gasteiger partial charge in [0.05, 0.1) is 24.6 Å². The first kappa shape index (κ1) is 31.3. The molecular formula is C28H36F3N3O5S. The SMILES string of the molecule is CC[C@@H](C(=O)NC1CCCCC1)N(Cc1cccc(OC)c1)C(=O)CN(c1cccc(C(F)(F)F)c1)S(C)(=O)=O. The highest BCUT2D eigenvalue weighted by Crippen LogP contribution is 2.32. The Kier molecular flexibility index (Phi) is 10.5. The largest absolute Gasteiger partial charge is 0.497 e. The lowest BCUT2D eigenvalue weighted by molar-refractivity contribution is -0.140. The van der Waals surface area contributed by atoms with E-state index in [2.05, 4.69) is 5.32 Å². The summed E-state index contributed by atoms with van der Waals surface area (Å²) in [6, 6.07) is 9.75. The van der Waals surface area contributed by atoms with Gasteiger partial charge in [-0.2, -0.15) is 13.2 Å². The van der Waals surface area contributed by atoms with E-state index in [1.165, 1.54) is 18.1 Å². The molecule has 220 valence electrons. The molecule has 0 radical (unpaired) electrons. The Bertz CT molecular complexity index is 1280. The first-order valence-corrected chi connectivity index (χ1v) is 15.1. The van der Waals surface area contributed by atoms with Gasteiger partial charge in [-0.3, -0.25) is 13.9 Å². The summed E-state index contributed by atoms with van der Waals surface area (Å²) in [5.41, 5.74) is -0.703. The fourth-order valence-electron chi connectivity index (χ4n) is 4.88. The van der Waals surface area contributed by atoms with Gasteiger partial charge in [-0.25, -0.2) is 8.42 Å². The predicted octanol–water partition coefficient (Wildman–Crippen LogP) is 4.74. The average Bonchev–Trinajstić information content (AvgIpc) is 2.91. The molecule has 1 N–H and O–H groups in total. The van der Waals surface area contributed by atoms with Crippen molar-refractivity contribution >= 4 is 27.5 Å². The van der Waals surface area contributed by atoms with Gasteiger partial charge in [0.15, 0.2) is 0 Å². The van der Waals surface area contributed by atoms with Crippen molar-refractivity contribution in [2.45, 2.75) is 70.3 Å². The summed E-state index contributed by atoms with van der Waals surface area (Å²) in [5, 5.41) is 3.04. The summed E-state index contributed by atoms with van der Waals surface area (Å²) in [5.74, 6) is -0.543. The van der Waals surface area contributed by atoms with Crippen LogP contribution in [0.3, 0.4) is 0 Å². The lowest BCUT2D eigenvalue weighted by atomic mass is 9.95. The normalized spacial score (nSPS) is 15.2. The number of hydrogen-bond acceptors (Lipinski definition) is 5. The number of ether oxygens (including phenoxy) is 1. The maximum atomic E-state index is 13.8. The van der Waals surface area contributed by atoms with E-state index < -0.39 is 40.3 Å². The van der Waals surface area contributed by atoms with Crippen molar-refractivity contribution in [1.29, 1.82) is 0 Å². The third kappa shape index (κ3) is 8.36. The minimum Gasteiger partial charge on any atom is -0.497 e. The number of carbonyl (C=O) groups is 2. The maximum absolute atomic E-state index is 13.8. The highest BCUT2D eigenvalue weighted by molar-refractivity contribution is 7.92. The number of anilines is 1. The van der Waals surface area contributed by atoms with Crippen molar-refractivity contribution in [3.05, 3.63) is 59.7 Å². The van der Waals surface area contributed by atoms with Crippen molar-refractivity contribution in [1.82, 2.24) is 10.2 Å². The summed E-state index contributed by atoms with van der Waals surface area (Å²) < 4.78 is 71.4. The van der Waals surface area contributed by atoms with Crippen LogP contribution in [-0.4, -0.2) is 57.1 Å². The molecule has 2 amide bonds. The number of nitrogens with one attached hydrogen (secondary N) is 1. The van der Waals surface area contributed by atoms with Crippen molar-refractivity contribution < 1.29 is 35.9 Å². The first-order valence-electron chi connectivity index (χ1n) is 13.2. The Morgan fingerprint density at radius 1 is 1.07 bits per heavy atom. The molecule has 1 aliphatic rings. The van der Waals surface area contributed by atoms with Gasteiger partial charge in [-0.1, -0.05) is 44.4 Å². The Morgan fingerprint density at radius 3 is 2.35 bits per heavy atom. The van der Waals surface area contributed by atoms with Crippen LogP contribution < -0.4 is 14.4 Å². The number of carbonyl (C=O) groups excluding carboxylic acids is 2. The van der Waals surface area contributed by atoms with Gasteiger partial charge in [0.25, 0.3) is 0 Å². The molecule has 1 fully saturated rings.